The normalized spacial score (nSPS) is 9.45. The lowest BCUT2D eigenvalue weighted by Crippen LogP contribution is -1.99. The van der Waals surface area contributed by atoms with Crippen LogP contribution in [0.15, 0.2) is 84.9 Å². The number of carbonyl (C=O) groups is 1. The molecule has 3 rings (SSSR count). The Labute approximate surface area is 129 Å². The standard InChI is InChI=1S/C13H10O.C6H7NO/c14-13(11-7-3-1-4-8-11)12-9-5-2-6-10-12;7-5-1-3-6(8)4-2-5/h1-10H;1-4,8H,7H2. The minimum absolute atomic E-state index is 0.0752. The second-order valence-electron chi connectivity index (χ2n) is 4.65. The van der Waals surface area contributed by atoms with Crippen LogP contribution in [0.25, 0.3) is 0 Å². The van der Waals surface area contributed by atoms with E-state index >= 15 is 0 Å². The van der Waals surface area contributed by atoms with E-state index in [2.05, 4.69) is 0 Å². The van der Waals surface area contributed by atoms with Crippen molar-refractivity contribution in [1.29, 1.82) is 0 Å². The Bertz CT molecular complexity index is 645. The topological polar surface area (TPSA) is 63.3 Å². The zero-order valence-electron chi connectivity index (χ0n) is 12.0. The summed E-state index contributed by atoms with van der Waals surface area (Å²) in [7, 11) is 0. The van der Waals surface area contributed by atoms with Crippen LogP contribution in [0.5, 0.6) is 5.75 Å². The highest BCUT2D eigenvalue weighted by atomic mass is 16.3. The molecule has 0 aromatic heterocycles. The van der Waals surface area contributed by atoms with Crippen LogP contribution < -0.4 is 5.73 Å². The number of benzene rings is 3. The first-order chi connectivity index (χ1) is 10.7. The van der Waals surface area contributed by atoms with Gasteiger partial charge in [-0.2, -0.15) is 0 Å². The number of aromatic hydroxyl groups is 1. The van der Waals surface area contributed by atoms with Crippen molar-refractivity contribution in [3.63, 3.8) is 0 Å². The first-order valence-electron chi connectivity index (χ1n) is 6.86. The van der Waals surface area contributed by atoms with Gasteiger partial charge in [0.05, 0.1) is 0 Å². The van der Waals surface area contributed by atoms with Gasteiger partial charge in [0, 0.05) is 16.8 Å². The van der Waals surface area contributed by atoms with Crippen LogP contribution in [0.1, 0.15) is 15.9 Å². The van der Waals surface area contributed by atoms with E-state index in [-0.39, 0.29) is 11.5 Å². The zero-order chi connectivity index (χ0) is 15.8. The zero-order valence-corrected chi connectivity index (χ0v) is 12.0. The van der Waals surface area contributed by atoms with Crippen LogP contribution in [-0.2, 0) is 0 Å². The molecule has 0 fully saturated rings. The molecule has 0 aliphatic carbocycles. The van der Waals surface area contributed by atoms with E-state index in [9.17, 15) is 4.79 Å². The van der Waals surface area contributed by atoms with Gasteiger partial charge in [-0.1, -0.05) is 60.7 Å². The molecule has 0 aliphatic heterocycles. The summed E-state index contributed by atoms with van der Waals surface area (Å²) in [5.74, 6) is 0.324. The molecule has 0 spiro atoms. The highest BCUT2D eigenvalue weighted by Gasteiger charge is 2.06. The molecule has 22 heavy (non-hydrogen) atoms. The predicted octanol–water partition coefficient (Wildman–Crippen LogP) is 3.89. The van der Waals surface area contributed by atoms with Crippen LogP contribution in [0.2, 0.25) is 0 Å². The Morgan fingerprint density at radius 2 is 1.09 bits per heavy atom. The first kappa shape index (κ1) is 15.3. The van der Waals surface area contributed by atoms with E-state index in [1.807, 2.05) is 60.7 Å². The monoisotopic (exact) mass is 291 g/mol. The summed E-state index contributed by atoms with van der Waals surface area (Å²) in [6.45, 7) is 0. The van der Waals surface area contributed by atoms with Gasteiger partial charge in [0.15, 0.2) is 5.78 Å². The molecule has 0 radical (unpaired) electrons. The molecule has 110 valence electrons. The van der Waals surface area contributed by atoms with Gasteiger partial charge in [-0.3, -0.25) is 4.79 Å². The van der Waals surface area contributed by atoms with Crippen molar-refractivity contribution < 1.29 is 9.90 Å². The van der Waals surface area contributed by atoms with Gasteiger partial charge in [-0.25, -0.2) is 0 Å². The van der Waals surface area contributed by atoms with Crippen LogP contribution in [0.4, 0.5) is 5.69 Å². The SMILES string of the molecule is Nc1ccc(O)cc1.O=C(c1ccccc1)c1ccccc1. The third-order valence-corrected chi connectivity index (χ3v) is 2.97. The van der Waals surface area contributed by atoms with Crippen molar-refractivity contribution in [3.05, 3.63) is 96.1 Å². The van der Waals surface area contributed by atoms with Crippen molar-refractivity contribution in [2.75, 3.05) is 5.73 Å². The molecular formula is C19H17NO2. The van der Waals surface area contributed by atoms with Gasteiger partial charge in [0.2, 0.25) is 0 Å². The third-order valence-electron chi connectivity index (χ3n) is 2.97. The van der Waals surface area contributed by atoms with E-state index in [0.29, 0.717) is 5.69 Å². The maximum atomic E-state index is 11.8. The van der Waals surface area contributed by atoms with Crippen molar-refractivity contribution >= 4 is 11.5 Å². The summed E-state index contributed by atoms with van der Waals surface area (Å²) >= 11 is 0. The summed E-state index contributed by atoms with van der Waals surface area (Å²) in [5, 5.41) is 8.70. The van der Waals surface area contributed by atoms with E-state index < -0.39 is 0 Å². The van der Waals surface area contributed by atoms with Crippen molar-refractivity contribution in [2.24, 2.45) is 0 Å². The quantitative estimate of drug-likeness (QED) is 0.428. The maximum Gasteiger partial charge on any atom is 0.193 e. The maximum absolute atomic E-state index is 11.8. The van der Waals surface area contributed by atoms with Gasteiger partial charge < -0.3 is 10.8 Å². The molecule has 0 saturated carbocycles. The summed E-state index contributed by atoms with van der Waals surface area (Å²) in [6.07, 6.45) is 0. The lowest BCUT2D eigenvalue weighted by molar-refractivity contribution is 0.103. The summed E-state index contributed by atoms with van der Waals surface area (Å²) in [4.78, 5) is 11.8. The molecule has 0 unspecified atom stereocenters. The highest BCUT2D eigenvalue weighted by Crippen LogP contribution is 2.09. The number of phenolic OH excluding ortho intramolecular Hbond substituents is 1. The Balaban J connectivity index is 0.000000188. The Morgan fingerprint density at radius 3 is 1.45 bits per heavy atom. The smallest absolute Gasteiger partial charge is 0.193 e. The second-order valence-corrected chi connectivity index (χ2v) is 4.65. The molecule has 0 aliphatic rings. The molecule has 0 heterocycles. The van der Waals surface area contributed by atoms with Crippen molar-refractivity contribution in [1.82, 2.24) is 0 Å². The summed E-state index contributed by atoms with van der Waals surface area (Å²) in [5.41, 5.74) is 7.45. The number of nitrogens with two attached hydrogens (primary N) is 1. The Morgan fingerprint density at radius 1 is 0.682 bits per heavy atom. The van der Waals surface area contributed by atoms with E-state index in [1.165, 1.54) is 0 Å². The first-order valence-corrected chi connectivity index (χ1v) is 6.86. The summed E-state index contributed by atoms with van der Waals surface area (Å²) in [6, 6.07) is 25.0. The lowest BCUT2D eigenvalue weighted by atomic mass is 10.0. The van der Waals surface area contributed by atoms with Gasteiger partial charge in [-0.05, 0) is 24.3 Å². The molecule has 3 heteroatoms. The van der Waals surface area contributed by atoms with Crippen molar-refractivity contribution in [3.8, 4) is 5.75 Å². The number of anilines is 1. The number of carbonyl (C=O) groups excluding carboxylic acids is 1. The highest BCUT2D eigenvalue weighted by molar-refractivity contribution is 6.08. The molecule has 3 nitrogen and oxygen atoms in total. The average Bonchev–Trinajstić information content (AvgIpc) is 2.59. The Kier molecular flexibility index (Phi) is 5.32. The number of rotatable bonds is 2. The van der Waals surface area contributed by atoms with Crippen LogP contribution in [0.3, 0.4) is 0 Å². The molecule has 3 aromatic carbocycles. The third kappa shape index (κ3) is 4.49. The molecule has 3 aromatic rings. The fourth-order valence-electron chi connectivity index (χ4n) is 1.82. The molecule has 0 atom stereocenters. The minimum atomic E-state index is 0.0752. The van der Waals surface area contributed by atoms with Gasteiger partial charge in [0.1, 0.15) is 5.75 Å². The number of hydrogen-bond donors (Lipinski definition) is 2. The van der Waals surface area contributed by atoms with Gasteiger partial charge >= 0.3 is 0 Å². The fourth-order valence-corrected chi connectivity index (χ4v) is 1.82. The van der Waals surface area contributed by atoms with Gasteiger partial charge in [-0.15, -0.1) is 0 Å². The molecule has 0 bridgehead atoms. The lowest BCUT2D eigenvalue weighted by Gasteiger charge is -1.99. The molecule has 3 N–H and O–H groups in total. The summed E-state index contributed by atoms with van der Waals surface area (Å²) < 4.78 is 0. The minimum Gasteiger partial charge on any atom is -0.508 e. The van der Waals surface area contributed by atoms with Gasteiger partial charge in [0.25, 0.3) is 0 Å². The Hall–Kier alpha value is -3.07. The molecule has 0 saturated heterocycles. The average molecular weight is 291 g/mol. The van der Waals surface area contributed by atoms with Crippen LogP contribution in [0, 0.1) is 0 Å². The molecule has 0 amide bonds. The van der Waals surface area contributed by atoms with Crippen LogP contribution >= 0.6 is 0 Å². The van der Waals surface area contributed by atoms with Crippen LogP contribution in [-0.4, -0.2) is 10.9 Å². The van der Waals surface area contributed by atoms with E-state index in [1.54, 1.807) is 24.3 Å². The van der Waals surface area contributed by atoms with Crippen molar-refractivity contribution in [2.45, 2.75) is 0 Å². The fraction of sp³-hybridized carbons (Fsp3) is 0. The number of nitrogen functional groups attached to an aromatic ring is 1. The second kappa shape index (κ2) is 7.64. The van der Waals surface area contributed by atoms with E-state index in [4.69, 9.17) is 10.8 Å². The number of phenols is 1. The predicted molar refractivity (Wildman–Crippen MR) is 88.8 cm³/mol. The number of ketones is 1. The molecular weight excluding hydrogens is 274 g/mol. The number of hydrogen-bond acceptors (Lipinski definition) is 3. The van der Waals surface area contributed by atoms with E-state index in [0.717, 1.165) is 11.1 Å². The largest absolute Gasteiger partial charge is 0.508 e.